The fourth-order valence-corrected chi connectivity index (χ4v) is 4.34. The van der Waals surface area contributed by atoms with Gasteiger partial charge < -0.3 is 0 Å². The van der Waals surface area contributed by atoms with Crippen LogP contribution in [0.1, 0.15) is 44.6 Å². The van der Waals surface area contributed by atoms with Gasteiger partial charge in [-0.1, -0.05) is 32.3 Å². The number of benzene rings is 1. The molecule has 1 N–H and O–H groups in total. The fourth-order valence-electron chi connectivity index (χ4n) is 2.89. The van der Waals surface area contributed by atoms with E-state index in [9.17, 15) is 12.8 Å². The Balaban J connectivity index is 2.23. The molecular formula is C15H19FN2O2S. The number of sulfonamides is 1. The molecule has 1 aliphatic rings. The highest BCUT2D eigenvalue weighted by Gasteiger charge is 2.28. The number of nitrogens with zero attached hydrogens (tertiary/aromatic N) is 1. The van der Waals surface area contributed by atoms with Gasteiger partial charge in [-0.3, -0.25) is 0 Å². The van der Waals surface area contributed by atoms with E-state index < -0.39 is 21.4 Å². The highest BCUT2D eigenvalue weighted by molar-refractivity contribution is 7.89. The lowest BCUT2D eigenvalue weighted by Crippen LogP contribution is -2.38. The first-order valence-electron chi connectivity index (χ1n) is 7.19. The first kappa shape index (κ1) is 15.9. The molecular weight excluding hydrogens is 291 g/mol. The lowest BCUT2D eigenvalue weighted by atomic mass is 9.85. The molecule has 0 aromatic heterocycles. The highest BCUT2D eigenvalue weighted by atomic mass is 32.2. The van der Waals surface area contributed by atoms with E-state index in [1.807, 2.05) is 0 Å². The van der Waals surface area contributed by atoms with E-state index in [2.05, 4.69) is 11.6 Å². The number of nitriles is 1. The lowest BCUT2D eigenvalue weighted by molar-refractivity contribution is 0.301. The summed E-state index contributed by atoms with van der Waals surface area (Å²) < 4.78 is 41.0. The Kier molecular flexibility index (Phi) is 4.96. The van der Waals surface area contributed by atoms with Crippen LogP contribution in [-0.4, -0.2) is 14.5 Å². The van der Waals surface area contributed by atoms with Crippen molar-refractivity contribution in [2.24, 2.45) is 5.92 Å². The largest absolute Gasteiger partial charge is 0.242 e. The van der Waals surface area contributed by atoms with Crippen molar-refractivity contribution in [2.45, 2.75) is 50.0 Å². The summed E-state index contributed by atoms with van der Waals surface area (Å²) in [5.74, 6) is -0.287. The van der Waals surface area contributed by atoms with Crippen LogP contribution in [-0.2, 0) is 10.0 Å². The quantitative estimate of drug-likeness (QED) is 0.929. The molecule has 2 unspecified atom stereocenters. The van der Waals surface area contributed by atoms with Crippen molar-refractivity contribution in [1.29, 1.82) is 5.26 Å². The van der Waals surface area contributed by atoms with Gasteiger partial charge in [0.1, 0.15) is 22.3 Å². The molecule has 114 valence electrons. The Bertz CT molecular complexity index is 652. The smallest absolute Gasteiger partial charge is 0.208 e. The third-order valence-corrected chi connectivity index (χ3v) is 5.62. The van der Waals surface area contributed by atoms with Crippen LogP contribution < -0.4 is 4.72 Å². The number of hydrogen-bond donors (Lipinski definition) is 1. The summed E-state index contributed by atoms with van der Waals surface area (Å²) in [6.07, 6.45) is 4.72. The Morgan fingerprint density at radius 2 is 2.19 bits per heavy atom. The zero-order valence-electron chi connectivity index (χ0n) is 12.0. The third-order valence-electron chi connectivity index (χ3n) is 4.06. The zero-order chi connectivity index (χ0) is 15.5. The molecule has 1 fully saturated rings. The van der Waals surface area contributed by atoms with Crippen LogP contribution in [0.5, 0.6) is 0 Å². The summed E-state index contributed by atoms with van der Waals surface area (Å²) in [7, 11) is -3.87. The average Bonchev–Trinajstić information content (AvgIpc) is 2.46. The van der Waals surface area contributed by atoms with Crippen molar-refractivity contribution in [3.63, 3.8) is 0 Å². The molecule has 0 bridgehead atoms. The van der Waals surface area contributed by atoms with Crippen LogP contribution >= 0.6 is 0 Å². The molecule has 2 rings (SSSR count). The minimum absolute atomic E-state index is 0.136. The topological polar surface area (TPSA) is 70.0 Å². The van der Waals surface area contributed by atoms with Crippen LogP contribution in [0.4, 0.5) is 4.39 Å². The Hall–Kier alpha value is -1.45. The van der Waals surface area contributed by atoms with Crippen LogP contribution in [0.15, 0.2) is 23.1 Å². The van der Waals surface area contributed by atoms with Gasteiger partial charge in [-0.15, -0.1) is 0 Å². The Labute approximate surface area is 125 Å². The van der Waals surface area contributed by atoms with Crippen LogP contribution in [0.2, 0.25) is 0 Å². The van der Waals surface area contributed by atoms with Crippen molar-refractivity contribution >= 4 is 10.0 Å². The summed E-state index contributed by atoms with van der Waals surface area (Å²) in [5, 5.41) is 8.97. The van der Waals surface area contributed by atoms with E-state index in [1.165, 1.54) is 12.1 Å². The maximum atomic E-state index is 13.6. The summed E-state index contributed by atoms with van der Waals surface area (Å²) in [4.78, 5) is -0.274. The number of halogens is 1. The van der Waals surface area contributed by atoms with Crippen molar-refractivity contribution < 1.29 is 12.8 Å². The number of rotatable bonds is 4. The normalized spacial score (nSPS) is 22.7. The van der Waals surface area contributed by atoms with Gasteiger partial charge in [0.25, 0.3) is 0 Å². The zero-order valence-corrected chi connectivity index (χ0v) is 12.8. The van der Waals surface area contributed by atoms with E-state index in [0.29, 0.717) is 5.92 Å². The lowest BCUT2D eigenvalue weighted by Gasteiger charge is -2.29. The molecule has 1 aromatic rings. The minimum atomic E-state index is -3.87. The monoisotopic (exact) mass is 310 g/mol. The standard InChI is InChI=1S/C15H19FN2O2S/c1-2-11-5-3-6-12(9-11)18-21(19,20)15-8-4-7-14(16)13(15)10-17/h4,7-8,11-12,18H,2-3,5-6,9H2,1H3. The highest BCUT2D eigenvalue weighted by Crippen LogP contribution is 2.28. The van der Waals surface area contributed by atoms with Crippen LogP contribution in [0.25, 0.3) is 0 Å². The summed E-state index contributed by atoms with van der Waals surface area (Å²) in [6, 6.07) is 5.16. The molecule has 0 radical (unpaired) electrons. The van der Waals surface area contributed by atoms with Gasteiger partial charge in [0.05, 0.1) is 0 Å². The molecule has 1 aliphatic carbocycles. The van der Waals surface area contributed by atoms with E-state index in [0.717, 1.165) is 38.2 Å². The van der Waals surface area contributed by atoms with Gasteiger partial charge in [0.2, 0.25) is 10.0 Å². The van der Waals surface area contributed by atoms with E-state index in [-0.39, 0.29) is 10.9 Å². The molecule has 0 aliphatic heterocycles. The van der Waals surface area contributed by atoms with Crippen molar-refractivity contribution in [2.75, 3.05) is 0 Å². The second-order valence-corrected chi connectivity index (χ2v) is 7.17. The van der Waals surface area contributed by atoms with Crippen molar-refractivity contribution in [1.82, 2.24) is 4.72 Å². The Morgan fingerprint density at radius 1 is 1.43 bits per heavy atom. The van der Waals surface area contributed by atoms with Crippen LogP contribution in [0, 0.1) is 23.1 Å². The van der Waals surface area contributed by atoms with Crippen LogP contribution in [0.3, 0.4) is 0 Å². The summed E-state index contributed by atoms with van der Waals surface area (Å²) in [6.45, 7) is 2.10. The van der Waals surface area contributed by atoms with Gasteiger partial charge >= 0.3 is 0 Å². The van der Waals surface area contributed by atoms with E-state index in [1.54, 1.807) is 6.07 Å². The van der Waals surface area contributed by atoms with Gasteiger partial charge in [-0.2, -0.15) is 5.26 Å². The second-order valence-electron chi connectivity index (χ2n) is 5.48. The molecule has 0 heterocycles. The minimum Gasteiger partial charge on any atom is -0.208 e. The number of hydrogen-bond acceptors (Lipinski definition) is 3. The second kappa shape index (κ2) is 6.54. The first-order chi connectivity index (χ1) is 9.97. The molecule has 2 atom stereocenters. The van der Waals surface area contributed by atoms with Gasteiger partial charge in [-0.25, -0.2) is 17.5 Å². The van der Waals surface area contributed by atoms with Gasteiger partial charge in [0.15, 0.2) is 0 Å². The molecule has 0 amide bonds. The Morgan fingerprint density at radius 3 is 2.86 bits per heavy atom. The average molecular weight is 310 g/mol. The van der Waals surface area contributed by atoms with E-state index in [4.69, 9.17) is 5.26 Å². The molecule has 0 saturated heterocycles. The van der Waals surface area contributed by atoms with Crippen molar-refractivity contribution in [3.05, 3.63) is 29.6 Å². The maximum absolute atomic E-state index is 13.6. The summed E-state index contributed by atoms with van der Waals surface area (Å²) >= 11 is 0. The van der Waals surface area contributed by atoms with Crippen molar-refractivity contribution in [3.8, 4) is 6.07 Å². The third kappa shape index (κ3) is 3.60. The summed E-state index contributed by atoms with van der Waals surface area (Å²) in [5.41, 5.74) is -0.423. The van der Waals surface area contributed by atoms with E-state index >= 15 is 0 Å². The first-order valence-corrected chi connectivity index (χ1v) is 8.67. The number of nitrogens with one attached hydrogen (secondary N) is 1. The molecule has 6 heteroatoms. The molecule has 21 heavy (non-hydrogen) atoms. The molecule has 1 saturated carbocycles. The van der Waals surface area contributed by atoms with Gasteiger partial charge in [0, 0.05) is 6.04 Å². The fraction of sp³-hybridized carbons (Fsp3) is 0.533. The predicted octanol–water partition coefficient (Wildman–Crippen LogP) is 2.94. The SMILES string of the molecule is CCC1CCCC(NS(=O)(=O)c2cccc(F)c2C#N)C1. The molecule has 4 nitrogen and oxygen atoms in total. The molecule has 1 aromatic carbocycles. The predicted molar refractivity (Wildman–Crippen MR) is 77.5 cm³/mol. The van der Waals surface area contributed by atoms with Gasteiger partial charge in [-0.05, 0) is 30.9 Å². The molecule has 0 spiro atoms. The maximum Gasteiger partial charge on any atom is 0.242 e.